The maximum atomic E-state index is 12.5. The van der Waals surface area contributed by atoms with Gasteiger partial charge in [0, 0.05) is 20.6 Å². The summed E-state index contributed by atoms with van der Waals surface area (Å²) in [6.45, 7) is 2.94. The van der Waals surface area contributed by atoms with Gasteiger partial charge in [-0.1, -0.05) is 12.8 Å². The van der Waals surface area contributed by atoms with E-state index in [9.17, 15) is 4.79 Å². The van der Waals surface area contributed by atoms with Gasteiger partial charge in [-0.3, -0.25) is 0 Å². The molecule has 0 aromatic carbocycles. The minimum atomic E-state index is -0.126. The zero-order chi connectivity index (χ0) is 22.4. The number of aryl methyl sites for hydroxylation is 1. The van der Waals surface area contributed by atoms with Gasteiger partial charge in [0.05, 0.1) is 35.4 Å². The number of likely N-dealkylation sites (N-methyl/N-ethyl adjacent to an activating group) is 1. The summed E-state index contributed by atoms with van der Waals surface area (Å²) in [5.74, 6) is 7.44. The van der Waals surface area contributed by atoms with Gasteiger partial charge in [-0.2, -0.15) is 0 Å². The van der Waals surface area contributed by atoms with Crippen LogP contribution in [0, 0.1) is 12.8 Å². The van der Waals surface area contributed by atoms with E-state index in [1.54, 1.807) is 11.9 Å². The second kappa shape index (κ2) is 10.7. The number of carbonyl (C=O) groups is 1. The van der Waals surface area contributed by atoms with E-state index in [2.05, 4.69) is 10.3 Å². The van der Waals surface area contributed by atoms with Gasteiger partial charge in [0.15, 0.2) is 0 Å². The Kier molecular flexibility index (Phi) is 8.01. The lowest BCUT2D eigenvalue weighted by atomic mass is 9.85. The molecule has 0 bridgehead atoms. The molecule has 172 valence electrons. The van der Waals surface area contributed by atoms with Crippen LogP contribution >= 0.6 is 0 Å². The quantitative estimate of drug-likeness (QED) is 0.432. The average molecular weight is 431 g/mol. The molecular weight excluding hydrogens is 392 g/mol. The second-order valence-corrected chi connectivity index (χ2v) is 8.97. The first-order chi connectivity index (χ1) is 14.8. The Bertz CT molecular complexity index is 784. The van der Waals surface area contributed by atoms with Crippen LogP contribution in [-0.2, 0) is 0 Å². The second-order valence-electron chi connectivity index (χ2n) is 8.97. The molecule has 1 aromatic heterocycles. The molecule has 1 aromatic rings. The molecule has 5 N–H and O–H groups in total. The highest BCUT2D eigenvalue weighted by molar-refractivity contribution is 5.75. The first-order valence-corrected chi connectivity index (χ1v) is 11.5. The summed E-state index contributed by atoms with van der Waals surface area (Å²) in [6.07, 6.45) is 9.86. The van der Waals surface area contributed by atoms with E-state index in [1.807, 2.05) is 26.1 Å². The van der Waals surface area contributed by atoms with Crippen molar-refractivity contribution in [2.24, 2.45) is 17.5 Å². The summed E-state index contributed by atoms with van der Waals surface area (Å²) in [7, 11) is 3.53. The SMILES string of the molecule is Cc1nc(/C(N)=C(\CNC(=O)N(C)CC2CCC2)N(C)N)ccc1OC1CCCCC1. The predicted molar refractivity (Wildman–Crippen MR) is 123 cm³/mol. The van der Waals surface area contributed by atoms with E-state index < -0.39 is 0 Å². The lowest BCUT2D eigenvalue weighted by Gasteiger charge is -2.30. The number of hydrogen-bond acceptors (Lipinski definition) is 6. The van der Waals surface area contributed by atoms with Crippen LogP contribution in [0.5, 0.6) is 5.75 Å². The lowest BCUT2D eigenvalue weighted by molar-refractivity contribution is 0.153. The average Bonchev–Trinajstić information content (AvgIpc) is 2.72. The third kappa shape index (κ3) is 6.26. The first kappa shape index (κ1) is 23.2. The van der Waals surface area contributed by atoms with Crippen LogP contribution < -0.4 is 21.6 Å². The number of hydrogen-bond donors (Lipinski definition) is 3. The van der Waals surface area contributed by atoms with E-state index in [0.29, 0.717) is 23.0 Å². The minimum absolute atomic E-state index is 0.126. The largest absolute Gasteiger partial charge is 0.489 e. The molecule has 0 radical (unpaired) electrons. The van der Waals surface area contributed by atoms with Crippen molar-refractivity contribution < 1.29 is 9.53 Å². The number of amides is 2. The van der Waals surface area contributed by atoms with Crippen molar-refractivity contribution in [1.82, 2.24) is 20.2 Å². The number of ether oxygens (including phenoxy) is 1. The highest BCUT2D eigenvalue weighted by Gasteiger charge is 2.22. The normalized spacial score (nSPS) is 18.1. The number of carbonyl (C=O) groups excluding carboxylic acids is 1. The predicted octanol–water partition coefficient (Wildman–Crippen LogP) is 2.98. The molecule has 2 aliphatic carbocycles. The highest BCUT2D eigenvalue weighted by atomic mass is 16.5. The number of rotatable bonds is 8. The van der Waals surface area contributed by atoms with Gasteiger partial charge in [0.1, 0.15) is 5.75 Å². The van der Waals surface area contributed by atoms with Crippen molar-refractivity contribution in [3.05, 3.63) is 29.2 Å². The molecule has 0 saturated heterocycles. The van der Waals surface area contributed by atoms with Crippen LogP contribution in [0.4, 0.5) is 4.79 Å². The Morgan fingerprint density at radius 3 is 2.45 bits per heavy atom. The molecule has 0 spiro atoms. The van der Waals surface area contributed by atoms with Crippen LogP contribution in [0.15, 0.2) is 17.8 Å². The summed E-state index contributed by atoms with van der Waals surface area (Å²) in [4.78, 5) is 18.8. The monoisotopic (exact) mass is 430 g/mol. The zero-order valence-corrected chi connectivity index (χ0v) is 19.2. The third-order valence-electron chi connectivity index (χ3n) is 6.41. The minimum Gasteiger partial charge on any atom is -0.489 e. The van der Waals surface area contributed by atoms with Gasteiger partial charge < -0.3 is 25.7 Å². The summed E-state index contributed by atoms with van der Waals surface area (Å²) >= 11 is 0. The summed E-state index contributed by atoms with van der Waals surface area (Å²) in [5, 5.41) is 4.36. The highest BCUT2D eigenvalue weighted by Crippen LogP contribution is 2.27. The van der Waals surface area contributed by atoms with Crippen molar-refractivity contribution in [2.75, 3.05) is 27.2 Å². The number of nitrogens with one attached hydrogen (secondary N) is 1. The van der Waals surface area contributed by atoms with Crippen molar-refractivity contribution in [2.45, 2.75) is 64.4 Å². The van der Waals surface area contributed by atoms with E-state index >= 15 is 0 Å². The number of urea groups is 1. The van der Waals surface area contributed by atoms with Crippen LogP contribution in [0.3, 0.4) is 0 Å². The Morgan fingerprint density at radius 2 is 1.87 bits per heavy atom. The number of nitrogens with zero attached hydrogens (tertiary/aromatic N) is 3. The van der Waals surface area contributed by atoms with Gasteiger partial charge in [0.25, 0.3) is 0 Å². The molecule has 31 heavy (non-hydrogen) atoms. The zero-order valence-electron chi connectivity index (χ0n) is 19.2. The Balaban J connectivity index is 1.65. The van der Waals surface area contributed by atoms with E-state index in [4.69, 9.17) is 16.3 Å². The van der Waals surface area contributed by atoms with Gasteiger partial charge >= 0.3 is 6.03 Å². The van der Waals surface area contributed by atoms with Crippen molar-refractivity contribution in [3.8, 4) is 5.75 Å². The fraction of sp³-hybridized carbons (Fsp3) is 0.652. The number of hydrazine groups is 1. The summed E-state index contributed by atoms with van der Waals surface area (Å²) < 4.78 is 6.16. The third-order valence-corrected chi connectivity index (χ3v) is 6.41. The van der Waals surface area contributed by atoms with Crippen LogP contribution in [0.2, 0.25) is 0 Å². The first-order valence-electron chi connectivity index (χ1n) is 11.5. The molecule has 2 aliphatic rings. The molecule has 1 heterocycles. The molecule has 3 rings (SSSR count). The summed E-state index contributed by atoms with van der Waals surface area (Å²) in [6, 6.07) is 3.66. The summed E-state index contributed by atoms with van der Waals surface area (Å²) in [5.41, 5.74) is 8.88. The molecule has 2 saturated carbocycles. The fourth-order valence-electron chi connectivity index (χ4n) is 4.18. The fourth-order valence-corrected chi connectivity index (χ4v) is 4.18. The van der Waals surface area contributed by atoms with Crippen molar-refractivity contribution >= 4 is 11.7 Å². The number of aromatic nitrogens is 1. The van der Waals surface area contributed by atoms with Gasteiger partial charge in [-0.05, 0) is 63.5 Å². The molecule has 0 aliphatic heterocycles. The smallest absolute Gasteiger partial charge is 0.317 e. The molecule has 8 heteroatoms. The van der Waals surface area contributed by atoms with Crippen molar-refractivity contribution in [1.29, 1.82) is 0 Å². The number of nitrogens with two attached hydrogens (primary N) is 2. The molecule has 2 amide bonds. The van der Waals surface area contributed by atoms with Gasteiger partial charge in [-0.15, -0.1) is 0 Å². The Morgan fingerprint density at radius 1 is 1.16 bits per heavy atom. The molecule has 0 unspecified atom stereocenters. The van der Waals surface area contributed by atoms with E-state index in [1.165, 1.54) is 43.5 Å². The molecule has 8 nitrogen and oxygen atoms in total. The topological polar surface area (TPSA) is 110 Å². The van der Waals surface area contributed by atoms with Crippen LogP contribution in [-0.4, -0.2) is 54.2 Å². The van der Waals surface area contributed by atoms with Gasteiger partial charge in [0.2, 0.25) is 0 Å². The van der Waals surface area contributed by atoms with Crippen LogP contribution in [0.1, 0.15) is 62.8 Å². The maximum absolute atomic E-state index is 12.5. The Hall–Kier alpha value is -2.48. The Labute approximate surface area is 186 Å². The lowest BCUT2D eigenvalue weighted by Crippen LogP contribution is -2.44. The van der Waals surface area contributed by atoms with E-state index in [0.717, 1.165) is 30.8 Å². The van der Waals surface area contributed by atoms with Crippen molar-refractivity contribution in [3.63, 3.8) is 0 Å². The molecule has 0 atom stereocenters. The molecular formula is C23H38N6O2. The maximum Gasteiger partial charge on any atom is 0.317 e. The molecule has 2 fully saturated rings. The van der Waals surface area contributed by atoms with Crippen LogP contribution in [0.25, 0.3) is 5.70 Å². The van der Waals surface area contributed by atoms with E-state index in [-0.39, 0.29) is 18.7 Å². The number of pyridine rings is 1. The van der Waals surface area contributed by atoms with Gasteiger partial charge in [-0.25, -0.2) is 15.6 Å². The standard InChI is InChI=1S/C23H38N6O2/c1-16-21(31-18-10-5-4-6-11-18)13-12-19(27-16)22(24)20(29(3)25)14-26-23(30)28(2)15-17-8-7-9-17/h12-13,17-18H,4-11,14-15,24-25H2,1-3H3,(H,26,30)/b22-20-.